The van der Waals surface area contributed by atoms with Crippen LogP contribution in [0.2, 0.25) is 0 Å². The molecule has 0 saturated heterocycles. The number of fused-ring (bicyclic) bond motifs is 1. The van der Waals surface area contributed by atoms with Gasteiger partial charge in [0.1, 0.15) is 5.65 Å². The fourth-order valence-corrected chi connectivity index (χ4v) is 2.90. The molecule has 0 spiro atoms. The van der Waals surface area contributed by atoms with Crippen LogP contribution < -0.4 is 5.32 Å². The molecule has 4 aromatic rings. The van der Waals surface area contributed by atoms with E-state index in [1.807, 2.05) is 30.5 Å². The Morgan fingerprint density at radius 3 is 2.68 bits per heavy atom. The highest BCUT2D eigenvalue weighted by Crippen LogP contribution is 2.32. The van der Waals surface area contributed by atoms with Gasteiger partial charge in [-0.3, -0.25) is 4.98 Å². The van der Waals surface area contributed by atoms with Gasteiger partial charge in [0.2, 0.25) is 5.95 Å². The number of halogens is 1. The number of nitrogens with zero attached hydrogens (tertiary/aromatic N) is 4. The highest BCUT2D eigenvalue weighted by atomic mass is 35.5. The van der Waals surface area contributed by atoms with Crippen LogP contribution in [0.5, 0.6) is 0 Å². The van der Waals surface area contributed by atoms with Crippen LogP contribution in [0, 0.1) is 0 Å². The largest absolute Gasteiger partial charge is 0.350 e. The maximum Gasteiger partial charge on any atom is 0.222 e. The molecule has 4 heterocycles. The number of nitrogens with one attached hydrogen (secondary N) is 2. The number of anilines is 1. The summed E-state index contributed by atoms with van der Waals surface area (Å²) in [5.41, 5.74) is 3.68. The summed E-state index contributed by atoms with van der Waals surface area (Å²) in [5, 5.41) is 3.83. The van der Waals surface area contributed by atoms with E-state index in [0.717, 1.165) is 27.7 Å². The minimum atomic E-state index is -0.342. The van der Waals surface area contributed by atoms with Crippen LogP contribution >= 0.6 is 11.6 Å². The van der Waals surface area contributed by atoms with E-state index >= 15 is 0 Å². The third-order valence-electron chi connectivity index (χ3n) is 3.89. The van der Waals surface area contributed by atoms with E-state index in [4.69, 9.17) is 11.6 Å². The Labute approximate surface area is 149 Å². The third kappa shape index (κ3) is 3.29. The lowest BCUT2D eigenvalue weighted by atomic mass is 10.1. The van der Waals surface area contributed by atoms with Crippen LogP contribution in [-0.2, 0) is 6.54 Å². The van der Waals surface area contributed by atoms with Crippen molar-refractivity contribution in [2.75, 3.05) is 5.32 Å². The molecule has 1 unspecified atom stereocenters. The summed E-state index contributed by atoms with van der Waals surface area (Å²) in [4.78, 5) is 20.2. The van der Waals surface area contributed by atoms with Gasteiger partial charge < -0.3 is 10.3 Å². The van der Waals surface area contributed by atoms with Crippen LogP contribution in [-0.4, -0.2) is 24.9 Å². The molecular formula is C18H15ClN6. The number of aromatic nitrogens is 5. The first kappa shape index (κ1) is 15.5. The topological polar surface area (TPSA) is 79.4 Å². The minimum absolute atomic E-state index is 0.342. The van der Waals surface area contributed by atoms with Gasteiger partial charge >= 0.3 is 0 Å². The van der Waals surface area contributed by atoms with Crippen molar-refractivity contribution in [2.24, 2.45) is 0 Å². The Balaban J connectivity index is 1.49. The number of alkyl halides is 1. The molecule has 0 aliphatic heterocycles. The molecule has 0 amide bonds. The average Bonchev–Trinajstić information content (AvgIpc) is 3.11. The van der Waals surface area contributed by atoms with Gasteiger partial charge in [0.15, 0.2) is 0 Å². The molecule has 0 fully saturated rings. The SMILES string of the molecule is ClC(c1cnc(NCc2cccnc2)nc1)c1c[nH]c2ncccc12. The van der Waals surface area contributed by atoms with E-state index in [2.05, 4.69) is 30.2 Å². The van der Waals surface area contributed by atoms with Crippen molar-refractivity contribution in [2.45, 2.75) is 11.9 Å². The summed E-state index contributed by atoms with van der Waals surface area (Å²) < 4.78 is 0. The summed E-state index contributed by atoms with van der Waals surface area (Å²) in [6.07, 6.45) is 10.7. The van der Waals surface area contributed by atoms with Crippen molar-refractivity contribution in [3.05, 3.63) is 78.1 Å². The Kier molecular flexibility index (Phi) is 4.26. The standard InChI is InChI=1S/C18H15ClN6/c19-16(15-11-22-17-14(15)4-2-6-21-17)13-9-24-18(25-10-13)23-8-12-3-1-5-20-7-12/h1-7,9-11,16H,8H2,(H,21,22)(H,23,24,25). The normalized spacial score (nSPS) is 12.2. The number of H-pyrrole nitrogens is 1. The number of hydrogen-bond acceptors (Lipinski definition) is 5. The predicted molar refractivity (Wildman–Crippen MR) is 97.4 cm³/mol. The quantitative estimate of drug-likeness (QED) is 0.537. The van der Waals surface area contributed by atoms with Crippen molar-refractivity contribution < 1.29 is 0 Å². The molecule has 0 saturated carbocycles. The van der Waals surface area contributed by atoms with Crippen LogP contribution in [0.25, 0.3) is 11.0 Å². The molecule has 0 aromatic carbocycles. The Morgan fingerprint density at radius 1 is 1.04 bits per heavy atom. The van der Waals surface area contributed by atoms with Crippen LogP contribution in [0.4, 0.5) is 5.95 Å². The summed E-state index contributed by atoms with van der Waals surface area (Å²) in [6.45, 7) is 0.617. The van der Waals surface area contributed by atoms with Gasteiger partial charge in [-0.1, -0.05) is 6.07 Å². The molecule has 0 aliphatic carbocycles. The first-order chi connectivity index (χ1) is 12.3. The molecular weight excluding hydrogens is 336 g/mol. The number of pyridine rings is 2. The Hall–Kier alpha value is -2.99. The number of aromatic amines is 1. The molecule has 2 N–H and O–H groups in total. The molecule has 7 heteroatoms. The molecule has 0 radical (unpaired) electrons. The van der Waals surface area contributed by atoms with Gasteiger partial charge in [0, 0.05) is 60.2 Å². The first-order valence-corrected chi connectivity index (χ1v) is 8.25. The second kappa shape index (κ2) is 6.86. The summed E-state index contributed by atoms with van der Waals surface area (Å²) >= 11 is 6.62. The summed E-state index contributed by atoms with van der Waals surface area (Å²) in [6, 6.07) is 7.78. The van der Waals surface area contributed by atoms with Crippen molar-refractivity contribution in [3.8, 4) is 0 Å². The molecule has 4 aromatic heterocycles. The van der Waals surface area contributed by atoms with Crippen molar-refractivity contribution in [3.63, 3.8) is 0 Å². The van der Waals surface area contributed by atoms with Crippen molar-refractivity contribution >= 4 is 28.6 Å². The van der Waals surface area contributed by atoms with Crippen LogP contribution in [0.1, 0.15) is 22.1 Å². The average molecular weight is 351 g/mol. The van der Waals surface area contributed by atoms with Crippen molar-refractivity contribution in [1.82, 2.24) is 24.9 Å². The van der Waals surface area contributed by atoms with Crippen LogP contribution in [0.15, 0.2) is 61.4 Å². The molecule has 124 valence electrons. The van der Waals surface area contributed by atoms with E-state index in [1.165, 1.54) is 0 Å². The minimum Gasteiger partial charge on any atom is -0.350 e. The Morgan fingerprint density at radius 2 is 1.88 bits per heavy atom. The van der Waals surface area contributed by atoms with E-state index in [1.54, 1.807) is 31.0 Å². The molecule has 6 nitrogen and oxygen atoms in total. The van der Waals surface area contributed by atoms with E-state index < -0.39 is 0 Å². The number of hydrogen-bond donors (Lipinski definition) is 2. The smallest absolute Gasteiger partial charge is 0.222 e. The lowest BCUT2D eigenvalue weighted by Crippen LogP contribution is -2.04. The molecule has 4 rings (SSSR count). The zero-order chi connectivity index (χ0) is 17.1. The van der Waals surface area contributed by atoms with Gasteiger partial charge in [-0.15, -0.1) is 11.6 Å². The lowest BCUT2D eigenvalue weighted by molar-refractivity contribution is 1.01. The van der Waals surface area contributed by atoms with Gasteiger partial charge in [-0.25, -0.2) is 15.0 Å². The van der Waals surface area contributed by atoms with Gasteiger partial charge in [0.05, 0.1) is 5.38 Å². The third-order valence-corrected chi connectivity index (χ3v) is 4.38. The van der Waals surface area contributed by atoms with Crippen molar-refractivity contribution in [1.29, 1.82) is 0 Å². The highest BCUT2D eigenvalue weighted by molar-refractivity contribution is 6.23. The molecule has 0 bridgehead atoms. The highest BCUT2D eigenvalue weighted by Gasteiger charge is 2.16. The fraction of sp³-hybridized carbons (Fsp3) is 0.111. The fourth-order valence-electron chi connectivity index (χ4n) is 2.61. The molecule has 0 aliphatic rings. The maximum absolute atomic E-state index is 6.62. The molecule has 1 atom stereocenters. The van der Waals surface area contributed by atoms with E-state index in [9.17, 15) is 0 Å². The van der Waals surface area contributed by atoms with Gasteiger partial charge in [-0.2, -0.15) is 0 Å². The Bertz CT molecular complexity index is 968. The second-order valence-corrected chi connectivity index (χ2v) is 6.00. The van der Waals surface area contributed by atoms with E-state index in [0.29, 0.717) is 12.5 Å². The van der Waals surface area contributed by atoms with Crippen LogP contribution in [0.3, 0.4) is 0 Å². The summed E-state index contributed by atoms with van der Waals surface area (Å²) in [5.74, 6) is 0.553. The predicted octanol–water partition coefficient (Wildman–Crippen LogP) is 3.69. The monoisotopic (exact) mass is 350 g/mol. The van der Waals surface area contributed by atoms with Gasteiger partial charge in [0.25, 0.3) is 0 Å². The number of rotatable bonds is 5. The maximum atomic E-state index is 6.62. The van der Waals surface area contributed by atoms with E-state index in [-0.39, 0.29) is 5.38 Å². The van der Waals surface area contributed by atoms with Gasteiger partial charge in [-0.05, 0) is 23.8 Å². The summed E-state index contributed by atoms with van der Waals surface area (Å²) in [7, 11) is 0. The second-order valence-electron chi connectivity index (χ2n) is 5.56. The zero-order valence-electron chi connectivity index (χ0n) is 13.2. The molecule has 25 heavy (non-hydrogen) atoms. The first-order valence-electron chi connectivity index (χ1n) is 7.82. The zero-order valence-corrected chi connectivity index (χ0v) is 14.0. The lowest BCUT2D eigenvalue weighted by Gasteiger charge is -2.09.